The van der Waals surface area contributed by atoms with Crippen molar-refractivity contribution in [3.8, 4) is 0 Å². The summed E-state index contributed by atoms with van der Waals surface area (Å²) in [4.78, 5) is 25.9. The van der Waals surface area contributed by atoms with Gasteiger partial charge >= 0.3 is 5.97 Å². The van der Waals surface area contributed by atoms with Crippen molar-refractivity contribution in [2.75, 3.05) is 13.1 Å². The van der Waals surface area contributed by atoms with E-state index in [1.54, 1.807) is 0 Å². The maximum atomic E-state index is 12.5. The van der Waals surface area contributed by atoms with Crippen molar-refractivity contribution in [2.45, 2.75) is 19.3 Å². The lowest BCUT2D eigenvalue weighted by Gasteiger charge is -2.31. The number of carboxylic acids is 1. The summed E-state index contributed by atoms with van der Waals surface area (Å²) in [6.45, 7) is 1.32. The van der Waals surface area contributed by atoms with Crippen LogP contribution in [0.2, 0.25) is 0 Å². The van der Waals surface area contributed by atoms with Crippen molar-refractivity contribution in [1.29, 1.82) is 0 Å². The van der Waals surface area contributed by atoms with E-state index in [2.05, 4.69) is 0 Å². The van der Waals surface area contributed by atoms with Crippen LogP contribution in [-0.2, 0) is 4.79 Å². The van der Waals surface area contributed by atoms with Crippen LogP contribution < -0.4 is 0 Å². The average Bonchev–Trinajstić information content (AvgIpc) is 2.90. The summed E-state index contributed by atoms with van der Waals surface area (Å²) in [6, 6.07) is 9.94. The fraction of sp³-hybridized carbons (Fsp3) is 0.375. The van der Waals surface area contributed by atoms with Gasteiger partial charge in [0.05, 0.1) is 4.88 Å². The topological polar surface area (TPSA) is 57.6 Å². The molecule has 1 aliphatic rings. The quantitative estimate of drug-likeness (QED) is 0.947. The molecular weight excluding hydrogens is 286 g/mol. The van der Waals surface area contributed by atoms with Crippen LogP contribution in [0, 0.1) is 5.92 Å². The molecule has 0 aliphatic carbocycles. The third kappa shape index (κ3) is 3.08. The number of hydrogen-bond acceptors (Lipinski definition) is 3. The van der Waals surface area contributed by atoms with Crippen LogP contribution in [0.5, 0.6) is 0 Å². The minimum absolute atomic E-state index is 0.0741. The number of carbonyl (C=O) groups excluding carboxylic acids is 1. The van der Waals surface area contributed by atoms with Crippen molar-refractivity contribution < 1.29 is 14.7 Å². The molecule has 110 valence electrons. The molecule has 1 fully saturated rings. The van der Waals surface area contributed by atoms with Gasteiger partial charge in [-0.1, -0.05) is 18.2 Å². The van der Waals surface area contributed by atoms with E-state index in [9.17, 15) is 9.59 Å². The first-order chi connectivity index (χ1) is 10.1. The van der Waals surface area contributed by atoms with Crippen molar-refractivity contribution in [1.82, 2.24) is 4.90 Å². The molecule has 1 amide bonds. The van der Waals surface area contributed by atoms with Crippen LogP contribution in [0.15, 0.2) is 30.3 Å². The van der Waals surface area contributed by atoms with Gasteiger partial charge in [-0.2, -0.15) is 0 Å². The summed E-state index contributed by atoms with van der Waals surface area (Å²) in [6.07, 6.45) is 1.77. The second kappa shape index (κ2) is 5.85. The van der Waals surface area contributed by atoms with E-state index in [1.807, 2.05) is 35.2 Å². The number of thiophene rings is 1. The normalized spacial score (nSPS) is 16.3. The molecule has 0 saturated carbocycles. The molecule has 1 aliphatic heterocycles. The minimum Gasteiger partial charge on any atom is -0.481 e. The molecule has 3 rings (SSSR count). The van der Waals surface area contributed by atoms with Gasteiger partial charge in [0.25, 0.3) is 5.91 Å². The highest BCUT2D eigenvalue weighted by Crippen LogP contribution is 2.28. The van der Waals surface area contributed by atoms with Gasteiger partial charge in [-0.3, -0.25) is 9.59 Å². The summed E-state index contributed by atoms with van der Waals surface area (Å²) in [5.74, 6) is -0.469. The number of likely N-dealkylation sites (tertiary alicyclic amines) is 1. The van der Waals surface area contributed by atoms with Crippen molar-refractivity contribution >= 4 is 33.3 Å². The number of benzene rings is 1. The van der Waals surface area contributed by atoms with Crippen LogP contribution >= 0.6 is 11.3 Å². The summed E-state index contributed by atoms with van der Waals surface area (Å²) in [5.41, 5.74) is 0. The van der Waals surface area contributed by atoms with E-state index in [-0.39, 0.29) is 18.2 Å². The zero-order valence-electron chi connectivity index (χ0n) is 11.6. The van der Waals surface area contributed by atoms with Gasteiger partial charge in [0.2, 0.25) is 0 Å². The summed E-state index contributed by atoms with van der Waals surface area (Å²) in [7, 11) is 0. The van der Waals surface area contributed by atoms with Gasteiger partial charge in [-0.15, -0.1) is 11.3 Å². The Kier molecular flexibility index (Phi) is 3.92. The lowest BCUT2D eigenvalue weighted by Crippen LogP contribution is -2.38. The van der Waals surface area contributed by atoms with E-state index >= 15 is 0 Å². The second-order valence-electron chi connectivity index (χ2n) is 5.48. The van der Waals surface area contributed by atoms with Crippen LogP contribution in [0.4, 0.5) is 0 Å². The summed E-state index contributed by atoms with van der Waals surface area (Å²) >= 11 is 1.53. The highest BCUT2D eigenvalue weighted by atomic mass is 32.1. The van der Waals surface area contributed by atoms with E-state index in [0.29, 0.717) is 13.1 Å². The van der Waals surface area contributed by atoms with Gasteiger partial charge in [-0.25, -0.2) is 0 Å². The van der Waals surface area contributed by atoms with Crippen LogP contribution in [-0.4, -0.2) is 35.0 Å². The maximum absolute atomic E-state index is 12.5. The van der Waals surface area contributed by atoms with Gasteiger partial charge in [0.1, 0.15) is 0 Å². The van der Waals surface area contributed by atoms with Crippen molar-refractivity contribution in [2.24, 2.45) is 5.92 Å². The van der Waals surface area contributed by atoms with E-state index in [4.69, 9.17) is 5.11 Å². The molecule has 0 spiro atoms. The first kappa shape index (κ1) is 14.1. The Bertz CT molecular complexity index is 638. The lowest BCUT2D eigenvalue weighted by molar-refractivity contribution is -0.138. The maximum Gasteiger partial charge on any atom is 0.303 e. The van der Waals surface area contributed by atoms with Gasteiger partial charge in [-0.05, 0) is 36.3 Å². The molecule has 21 heavy (non-hydrogen) atoms. The van der Waals surface area contributed by atoms with Crippen molar-refractivity contribution in [3.05, 3.63) is 35.2 Å². The Morgan fingerprint density at radius 3 is 2.62 bits per heavy atom. The first-order valence-corrected chi connectivity index (χ1v) is 7.95. The minimum atomic E-state index is -0.746. The number of carboxylic acid groups (broad SMARTS) is 1. The van der Waals surface area contributed by atoms with E-state index in [0.717, 1.165) is 27.8 Å². The van der Waals surface area contributed by atoms with Crippen LogP contribution in [0.1, 0.15) is 28.9 Å². The molecule has 2 aromatic rings. The predicted octanol–water partition coefficient (Wildman–Crippen LogP) is 3.23. The van der Waals surface area contributed by atoms with Gasteiger partial charge < -0.3 is 10.0 Å². The SMILES string of the molecule is O=C(O)CC1CCN(C(=O)c2cc3ccccc3s2)CC1. The second-order valence-corrected chi connectivity index (χ2v) is 6.57. The third-order valence-electron chi connectivity index (χ3n) is 4.00. The van der Waals surface area contributed by atoms with E-state index < -0.39 is 5.97 Å². The Morgan fingerprint density at radius 1 is 1.24 bits per heavy atom. The fourth-order valence-electron chi connectivity index (χ4n) is 2.83. The number of piperidine rings is 1. The number of nitrogens with zero attached hydrogens (tertiary/aromatic N) is 1. The largest absolute Gasteiger partial charge is 0.481 e. The highest BCUT2D eigenvalue weighted by molar-refractivity contribution is 7.20. The standard InChI is InChI=1S/C16H17NO3S/c18-15(19)9-11-5-7-17(8-6-11)16(20)14-10-12-3-1-2-4-13(12)21-14/h1-4,10-11H,5-9H2,(H,18,19). The van der Waals surface area contributed by atoms with Crippen molar-refractivity contribution in [3.63, 3.8) is 0 Å². The monoisotopic (exact) mass is 303 g/mol. The van der Waals surface area contributed by atoms with Crippen LogP contribution in [0.3, 0.4) is 0 Å². The fourth-order valence-corrected chi connectivity index (χ4v) is 3.86. The third-order valence-corrected chi connectivity index (χ3v) is 5.11. The molecule has 1 aromatic carbocycles. The number of aliphatic carboxylic acids is 1. The highest BCUT2D eigenvalue weighted by Gasteiger charge is 2.25. The number of fused-ring (bicyclic) bond motifs is 1. The molecule has 5 heteroatoms. The molecular formula is C16H17NO3S. The number of rotatable bonds is 3. The number of carbonyl (C=O) groups is 2. The average molecular weight is 303 g/mol. The zero-order valence-corrected chi connectivity index (χ0v) is 12.4. The molecule has 0 bridgehead atoms. The Hall–Kier alpha value is -1.88. The molecule has 0 unspecified atom stereocenters. The predicted molar refractivity (Wildman–Crippen MR) is 82.7 cm³/mol. The Labute approximate surface area is 127 Å². The zero-order chi connectivity index (χ0) is 14.8. The van der Waals surface area contributed by atoms with Gasteiger partial charge in [0.15, 0.2) is 0 Å². The summed E-state index contributed by atoms with van der Waals surface area (Å²) < 4.78 is 1.13. The molecule has 0 atom stereocenters. The summed E-state index contributed by atoms with van der Waals surface area (Å²) in [5, 5.41) is 9.92. The van der Waals surface area contributed by atoms with E-state index in [1.165, 1.54) is 11.3 Å². The molecule has 1 N–H and O–H groups in total. The Morgan fingerprint density at radius 2 is 1.95 bits per heavy atom. The first-order valence-electron chi connectivity index (χ1n) is 7.13. The Balaban J connectivity index is 1.67. The molecule has 2 heterocycles. The van der Waals surface area contributed by atoms with Crippen LogP contribution in [0.25, 0.3) is 10.1 Å². The smallest absolute Gasteiger partial charge is 0.303 e. The molecule has 4 nitrogen and oxygen atoms in total. The number of amides is 1. The lowest BCUT2D eigenvalue weighted by atomic mass is 9.93. The molecule has 1 aromatic heterocycles. The number of hydrogen-bond donors (Lipinski definition) is 1. The van der Waals surface area contributed by atoms with Gasteiger partial charge in [0, 0.05) is 24.2 Å². The molecule has 1 saturated heterocycles. The molecule has 0 radical (unpaired) electrons.